The van der Waals surface area contributed by atoms with E-state index in [2.05, 4.69) is 20.3 Å². The minimum atomic E-state index is -0.281. The molecule has 4 aromatic rings. The van der Waals surface area contributed by atoms with Crippen LogP contribution in [0, 0.1) is 0 Å². The summed E-state index contributed by atoms with van der Waals surface area (Å²) in [6.45, 7) is 0.416. The third-order valence-electron chi connectivity index (χ3n) is 3.40. The van der Waals surface area contributed by atoms with E-state index in [1.54, 1.807) is 43.0 Å². The lowest BCUT2D eigenvalue weighted by molar-refractivity contribution is 0.517. The van der Waals surface area contributed by atoms with Crippen LogP contribution in [0.25, 0.3) is 22.4 Å². The Morgan fingerprint density at radius 2 is 2.00 bits per heavy atom. The first-order valence-corrected chi connectivity index (χ1v) is 7.00. The second-order valence-electron chi connectivity index (χ2n) is 4.88. The van der Waals surface area contributed by atoms with E-state index in [0.29, 0.717) is 34.9 Å². The molecule has 4 heterocycles. The summed E-state index contributed by atoms with van der Waals surface area (Å²) < 4.78 is 10.6. The van der Waals surface area contributed by atoms with Crippen molar-refractivity contribution in [3.63, 3.8) is 0 Å². The van der Waals surface area contributed by atoms with Crippen molar-refractivity contribution in [3.05, 3.63) is 65.2 Å². The molecule has 0 aliphatic rings. The maximum absolute atomic E-state index is 12.4. The Labute approximate surface area is 130 Å². The van der Waals surface area contributed by atoms with Crippen molar-refractivity contribution in [1.82, 2.24) is 15.0 Å². The Morgan fingerprint density at radius 1 is 1.13 bits per heavy atom. The molecule has 0 bridgehead atoms. The van der Waals surface area contributed by atoms with Gasteiger partial charge in [-0.05, 0) is 30.3 Å². The monoisotopic (exact) mass is 308 g/mol. The number of aromatic nitrogens is 3. The number of nitrogens with zero attached hydrogens (tertiary/aromatic N) is 2. The lowest BCUT2D eigenvalue weighted by Gasteiger charge is -2.06. The molecule has 0 saturated carbocycles. The average Bonchev–Trinajstić information content (AvgIpc) is 3.26. The summed E-state index contributed by atoms with van der Waals surface area (Å²) in [5.74, 6) is 1.68. The molecule has 4 rings (SSSR count). The largest absolute Gasteiger partial charge is 0.467 e. The van der Waals surface area contributed by atoms with Gasteiger partial charge in [-0.15, -0.1) is 0 Å². The van der Waals surface area contributed by atoms with Gasteiger partial charge in [0.1, 0.15) is 11.5 Å². The Kier molecular flexibility index (Phi) is 3.16. The highest BCUT2D eigenvalue weighted by atomic mass is 16.3. The molecule has 23 heavy (non-hydrogen) atoms. The van der Waals surface area contributed by atoms with Crippen LogP contribution >= 0.6 is 0 Å². The smallest absolute Gasteiger partial charge is 0.262 e. The molecule has 0 unspecified atom stereocenters. The zero-order valence-electron chi connectivity index (χ0n) is 11.9. The molecule has 0 aliphatic carbocycles. The van der Waals surface area contributed by atoms with Crippen LogP contribution in [-0.4, -0.2) is 15.0 Å². The second-order valence-corrected chi connectivity index (χ2v) is 4.88. The molecule has 0 atom stereocenters. The fourth-order valence-corrected chi connectivity index (χ4v) is 2.37. The molecule has 4 aromatic heterocycles. The number of furan rings is 2. The van der Waals surface area contributed by atoms with E-state index < -0.39 is 0 Å². The fraction of sp³-hybridized carbons (Fsp3) is 0.0625. The minimum absolute atomic E-state index is 0.281. The Balaban J connectivity index is 1.75. The van der Waals surface area contributed by atoms with E-state index in [1.807, 2.05) is 6.07 Å². The predicted molar refractivity (Wildman–Crippen MR) is 83.9 cm³/mol. The van der Waals surface area contributed by atoms with Crippen molar-refractivity contribution in [2.45, 2.75) is 6.54 Å². The number of anilines is 1. The molecule has 7 heteroatoms. The number of hydrogen-bond acceptors (Lipinski definition) is 6. The summed E-state index contributed by atoms with van der Waals surface area (Å²) in [4.78, 5) is 23.7. The normalized spacial score (nSPS) is 11.0. The van der Waals surface area contributed by atoms with Crippen LogP contribution in [0.3, 0.4) is 0 Å². The van der Waals surface area contributed by atoms with Gasteiger partial charge in [0, 0.05) is 11.8 Å². The standard InChI is InChI=1S/C16H12N4O3/c21-15-13-11(12-4-2-8-23-12)5-6-17-14(13)19-16(20-15)18-9-10-3-1-7-22-10/h1-8H,9H2,(H2,17,18,19,20,21). The molecule has 0 aliphatic heterocycles. The lowest BCUT2D eigenvalue weighted by Crippen LogP contribution is -2.14. The van der Waals surface area contributed by atoms with E-state index in [0.717, 1.165) is 5.76 Å². The number of hydrogen-bond donors (Lipinski definition) is 2. The van der Waals surface area contributed by atoms with E-state index in [1.165, 1.54) is 0 Å². The lowest BCUT2D eigenvalue weighted by atomic mass is 10.1. The predicted octanol–water partition coefficient (Wildman–Crippen LogP) is 2.78. The Morgan fingerprint density at radius 3 is 2.78 bits per heavy atom. The van der Waals surface area contributed by atoms with E-state index >= 15 is 0 Å². The Hall–Kier alpha value is -3.35. The minimum Gasteiger partial charge on any atom is -0.467 e. The third kappa shape index (κ3) is 2.48. The fourth-order valence-electron chi connectivity index (χ4n) is 2.37. The van der Waals surface area contributed by atoms with Crippen molar-refractivity contribution in [3.8, 4) is 11.3 Å². The first-order chi connectivity index (χ1) is 11.3. The van der Waals surface area contributed by atoms with Crippen LogP contribution in [0.1, 0.15) is 5.76 Å². The van der Waals surface area contributed by atoms with Gasteiger partial charge < -0.3 is 14.2 Å². The second kappa shape index (κ2) is 5.45. The van der Waals surface area contributed by atoms with Gasteiger partial charge in [-0.1, -0.05) is 0 Å². The number of rotatable bonds is 4. The molecule has 114 valence electrons. The van der Waals surface area contributed by atoms with Gasteiger partial charge in [0.2, 0.25) is 5.95 Å². The van der Waals surface area contributed by atoms with Gasteiger partial charge in [0.05, 0.1) is 24.5 Å². The van der Waals surface area contributed by atoms with Crippen molar-refractivity contribution < 1.29 is 8.83 Å². The highest BCUT2D eigenvalue weighted by Crippen LogP contribution is 2.24. The number of H-pyrrole nitrogens is 1. The molecule has 0 aromatic carbocycles. The quantitative estimate of drug-likeness (QED) is 0.601. The van der Waals surface area contributed by atoms with Crippen molar-refractivity contribution in [2.24, 2.45) is 0 Å². The summed E-state index contributed by atoms with van der Waals surface area (Å²) in [5.41, 5.74) is 0.729. The summed E-state index contributed by atoms with van der Waals surface area (Å²) in [7, 11) is 0. The molecule has 2 N–H and O–H groups in total. The molecular formula is C16H12N4O3. The van der Waals surface area contributed by atoms with Gasteiger partial charge in [-0.25, -0.2) is 4.98 Å². The number of aromatic amines is 1. The van der Waals surface area contributed by atoms with Crippen LogP contribution in [0.4, 0.5) is 5.95 Å². The highest BCUT2D eigenvalue weighted by molar-refractivity contribution is 5.90. The van der Waals surface area contributed by atoms with Gasteiger partial charge in [0.15, 0.2) is 5.65 Å². The zero-order chi connectivity index (χ0) is 15.6. The third-order valence-corrected chi connectivity index (χ3v) is 3.40. The maximum atomic E-state index is 12.4. The molecule has 0 saturated heterocycles. The van der Waals surface area contributed by atoms with Gasteiger partial charge in [0.25, 0.3) is 5.56 Å². The SMILES string of the molecule is O=c1[nH]c(NCc2ccco2)nc2nccc(-c3ccco3)c12. The molecule has 0 amide bonds. The number of nitrogens with one attached hydrogen (secondary N) is 2. The topological polar surface area (TPSA) is 97.0 Å². The first kappa shape index (κ1) is 13.3. The highest BCUT2D eigenvalue weighted by Gasteiger charge is 2.13. The summed E-state index contributed by atoms with van der Waals surface area (Å²) >= 11 is 0. The molecule has 0 spiro atoms. The van der Waals surface area contributed by atoms with Crippen LogP contribution < -0.4 is 10.9 Å². The van der Waals surface area contributed by atoms with Crippen LogP contribution in [0.5, 0.6) is 0 Å². The number of fused-ring (bicyclic) bond motifs is 1. The molecule has 0 fully saturated rings. The maximum Gasteiger partial charge on any atom is 0.262 e. The van der Waals surface area contributed by atoms with Gasteiger partial charge in [-0.2, -0.15) is 4.98 Å². The van der Waals surface area contributed by atoms with Crippen LogP contribution in [0.2, 0.25) is 0 Å². The van der Waals surface area contributed by atoms with Crippen molar-refractivity contribution >= 4 is 17.0 Å². The zero-order valence-corrected chi connectivity index (χ0v) is 11.9. The molecule has 7 nitrogen and oxygen atoms in total. The molecular weight excluding hydrogens is 296 g/mol. The van der Waals surface area contributed by atoms with Crippen molar-refractivity contribution in [1.29, 1.82) is 0 Å². The Bertz CT molecular complexity index is 988. The summed E-state index contributed by atoms with van der Waals surface area (Å²) in [6.07, 6.45) is 4.75. The first-order valence-electron chi connectivity index (χ1n) is 7.00. The van der Waals surface area contributed by atoms with Gasteiger partial charge in [-0.3, -0.25) is 9.78 Å². The van der Waals surface area contributed by atoms with E-state index in [9.17, 15) is 4.79 Å². The van der Waals surface area contributed by atoms with Crippen LogP contribution in [0.15, 0.2) is 62.7 Å². The number of pyridine rings is 1. The van der Waals surface area contributed by atoms with Crippen molar-refractivity contribution in [2.75, 3.05) is 5.32 Å². The summed E-state index contributed by atoms with van der Waals surface area (Å²) in [6, 6.07) is 8.91. The van der Waals surface area contributed by atoms with Gasteiger partial charge >= 0.3 is 0 Å². The molecule has 0 radical (unpaired) electrons. The average molecular weight is 308 g/mol. The summed E-state index contributed by atoms with van der Waals surface area (Å²) in [5, 5.41) is 3.40. The van der Waals surface area contributed by atoms with Crippen LogP contribution in [-0.2, 0) is 6.54 Å². The van der Waals surface area contributed by atoms with E-state index in [4.69, 9.17) is 8.83 Å². The van der Waals surface area contributed by atoms with E-state index in [-0.39, 0.29) is 5.56 Å².